The minimum atomic E-state index is -0.619. The molecule has 0 spiro atoms. The van der Waals surface area contributed by atoms with E-state index in [0.717, 1.165) is 3.57 Å². The van der Waals surface area contributed by atoms with Gasteiger partial charge in [0.15, 0.2) is 0 Å². The van der Waals surface area contributed by atoms with Gasteiger partial charge < -0.3 is 5.32 Å². The number of carbonyl (C=O) groups is 1. The van der Waals surface area contributed by atoms with Crippen LogP contribution in [0.15, 0.2) is 54.1 Å². The molecule has 2 aromatic rings. The van der Waals surface area contributed by atoms with Gasteiger partial charge in [0.1, 0.15) is 11.6 Å². The van der Waals surface area contributed by atoms with Crippen LogP contribution in [-0.4, -0.2) is 10.8 Å². The fourth-order valence-corrected chi connectivity index (χ4v) is 2.17. The third kappa shape index (κ3) is 4.37. The molecule has 0 unspecified atom stereocenters. The van der Waals surface area contributed by atoms with Crippen LogP contribution >= 0.6 is 22.6 Å². The number of nitriles is 1. The van der Waals surface area contributed by atoms with Gasteiger partial charge in [-0.2, -0.15) is 5.26 Å². The Bertz CT molecular complexity index is 823. The van der Waals surface area contributed by atoms with Crippen molar-refractivity contribution in [2.45, 2.75) is 0 Å². The van der Waals surface area contributed by atoms with Crippen LogP contribution in [-0.2, 0) is 4.79 Å². The van der Waals surface area contributed by atoms with E-state index >= 15 is 0 Å². The van der Waals surface area contributed by atoms with E-state index in [9.17, 15) is 14.9 Å². The van der Waals surface area contributed by atoms with Crippen molar-refractivity contribution in [1.29, 1.82) is 5.26 Å². The van der Waals surface area contributed by atoms with E-state index in [2.05, 4.69) is 27.9 Å². The Hall–Kier alpha value is -2.73. The average Bonchev–Trinajstić information content (AvgIpc) is 2.54. The number of rotatable bonds is 4. The highest BCUT2D eigenvalue weighted by atomic mass is 127. The quantitative estimate of drug-likeness (QED) is 0.269. The van der Waals surface area contributed by atoms with Crippen LogP contribution in [0.2, 0.25) is 0 Å². The predicted octanol–water partition coefficient (Wildman–Crippen LogP) is 3.75. The number of benzene rings is 2. The minimum Gasteiger partial charge on any atom is -0.321 e. The number of nitro benzene ring substituents is 1. The molecule has 2 aromatic carbocycles. The van der Waals surface area contributed by atoms with Gasteiger partial charge in [-0.15, -0.1) is 0 Å². The number of nitro groups is 1. The number of halogens is 1. The van der Waals surface area contributed by atoms with Gasteiger partial charge in [0, 0.05) is 15.3 Å². The van der Waals surface area contributed by atoms with Gasteiger partial charge in [0.25, 0.3) is 11.6 Å². The molecule has 1 amide bonds. The summed E-state index contributed by atoms with van der Waals surface area (Å²) in [5.74, 6) is -0.619. The first-order valence-electron chi connectivity index (χ1n) is 6.43. The van der Waals surface area contributed by atoms with Crippen molar-refractivity contribution in [3.8, 4) is 6.07 Å². The summed E-state index contributed by atoms with van der Waals surface area (Å²) < 4.78 is 1.01. The smallest absolute Gasteiger partial charge is 0.276 e. The lowest BCUT2D eigenvalue weighted by molar-refractivity contribution is -0.385. The van der Waals surface area contributed by atoms with Gasteiger partial charge in [0.2, 0.25) is 0 Å². The summed E-state index contributed by atoms with van der Waals surface area (Å²) in [6.45, 7) is 0. The summed E-state index contributed by atoms with van der Waals surface area (Å²) in [4.78, 5) is 22.6. The van der Waals surface area contributed by atoms with Gasteiger partial charge >= 0.3 is 0 Å². The molecule has 0 saturated heterocycles. The second kappa shape index (κ2) is 7.51. The van der Waals surface area contributed by atoms with Crippen molar-refractivity contribution >= 4 is 45.9 Å². The standard InChI is InChI=1S/C16H10IN3O3/c17-13-5-7-14(8-6-13)19-16(21)12(10-18)9-11-3-1-2-4-15(11)20(22)23/h1-9H,(H,19,21)/b12-9+. The maximum atomic E-state index is 12.1. The lowest BCUT2D eigenvalue weighted by Gasteiger charge is -2.04. The summed E-state index contributed by atoms with van der Waals surface area (Å²) in [5.41, 5.74) is 0.367. The number of carbonyl (C=O) groups excluding carboxylic acids is 1. The number of nitrogens with one attached hydrogen (secondary N) is 1. The van der Waals surface area contributed by atoms with Crippen LogP contribution < -0.4 is 5.32 Å². The molecule has 6 nitrogen and oxygen atoms in total. The zero-order valence-corrected chi connectivity index (χ0v) is 13.9. The van der Waals surface area contributed by atoms with Crippen LogP contribution in [0.4, 0.5) is 11.4 Å². The molecule has 0 atom stereocenters. The third-order valence-electron chi connectivity index (χ3n) is 2.90. The van der Waals surface area contributed by atoms with Gasteiger partial charge in [0.05, 0.1) is 10.5 Å². The summed E-state index contributed by atoms with van der Waals surface area (Å²) in [6, 6.07) is 14.7. The number of para-hydroxylation sites is 1. The molecular weight excluding hydrogens is 409 g/mol. The molecule has 0 aliphatic carbocycles. The molecule has 23 heavy (non-hydrogen) atoms. The Balaban J connectivity index is 2.29. The third-order valence-corrected chi connectivity index (χ3v) is 3.62. The van der Waals surface area contributed by atoms with Crippen LogP contribution in [0.3, 0.4) is 0 Å². The lowest BCUT2D eigenvalue weighted by Crippen LogP contribution is -2.13. The largest absolute Gasteiger partial charge is 0.321 e. The van der Waals surface area contributed by atoms with Crippen molar-refractivity contribution in [2.75, 3.05) is 5.32 Å². The summed E-state index contributed by atoms with van der Waals surface area (Å²) in [5, 5.41) is 22.7. The molecule has 2 rings (SSSR count). The fraction of sp³-hybridized carbons (Fsp3) is 0. The number of anilines is 1. The van der Waals surface area contributed by atoms with E-state index in [0.29, 0.717) is 5.69 Å². The number of hydrogen-bond donors (Lipinski definition) is 1. The van der Waals surface area contributed by atoms with Crippen molar-refractivity contribution in [3.05, 3.63) is 73.4 Å². The molecule has 0 saturated carbocycles. The zero-order chi connectivity index (χ0) is 16.8. The maximum absolute atomic E-state index is 12.1. The van der Waals surface area contributed by atoms with Gasteiger partial charge in [-0.25, -0.2) is 0 Å². The normalized spacial score (nSPS) is 10.7. The number of hydrogen-bond acceptors (Lipinski definition) is 4. The first-order chi connectivity index (χ1) is 11.0. The van der Waals surface area contributed by atoms with Crippen molar-refractivity contribution < 1.29 is 9.72 Å². The van der Waals surface area contributed by atoms with Crippen LogP contribution in [0.1, 0.15) is 5.56 Å². The zero-order valence-electron chi connectivity index (χ0n) is 11.7. The Morgan fingerprint density at radius 2 is 1.87 bits per heavy atom. The molecule has 0 heterocycles. The molecule has 0 bridgehead atoms. The van der Waals surface area contributed by atoms with Crippen molar-refractivity contribution in [1.82, 2.24) is 0 Å². The molecule has 0 radical (unpaired) electrons. The number of amides is 1. The van der Waals surface area contributed by atoms with Gasteiger partial charge in [-0.05, 0) is 59.0 Å². The van der Waals surface area contributed by atoms with E-state index in [1.54, 1.807) is 24.3 Å². The Labute approximate surface area is 145 Å². The van der Waals surface area contributed by atoms with Gasteiger partial charge in [-0.3, -0.25) is 14.9 Å². The second-order valence-electron chi connectivity index (χ2n) is 4.45. The van der Waals surface area contributed by atoms with Crippen LogP contribution in [0.5, 0.6) is 0 Å². The summed E-state index contributed by atoms with van der Waals surface area (Å²) >= 11 is 2.14. The molecule has 0 aliphatic rings. The summed E-state index contributed by atoms with van der Waals surface area (Å²) in [7, 11) is 0. The number of nitrogens with zero attached hydrogens (tertiary/aromatic N) is 2. The predicted molar refractivity (Wildman–Crippen MR) is 94.5 cm³/mol. The highest BCUT2D eigenvalue weighted by Gasteiger charge is 2.15. The molecule has 7 heteroatoms. The molecule has 0 fully saturated rings. The molecule has 1 N–H and O–H groups in total. The maximum Gasteiger partial charge on any atom is 0.276 e. The molecule has 0 aliphatic heterocycles. The van der Waals surface area contributed by atoms with E-state index < -0.39 is 10.8 Å². The molecular formula is C16H10IN3O3. The second-order valence-corrected chi connectivity index (χ2v) is 5.69. The van der Waals surface area contributed by atoms with E-state index in [4.69, 9.17) is 5.26 Å². The van der Waals surface area contributed by atoms with Crippen molar-refractivity contribution in [3.63, 3.8) is 0 Å². The lowest BCUT2D eigenvalue weighted by atomic mass is 10.1. The highest BCUT2D eigenvalue weighted by Crippen LogP contribution is 2.21. The molecule has 114 valence electrons. The Morgan fingerprint density at radius 3 is 2.48 bits per heavy atom. The van der Waals surface area contributed by atoms with Crippen molar-refractivity contribution in [2.24, 2.45) is 0 Å². The topological polar surface area (TPSA) is 96.0 Å². The first kappa shape index (κ1) is 16.6. The van der Waals surface area contributed by atoms with E-state index in [-0.39, 0.29) is 16.8 Å². The van der Waals surface area contributed by atoms with E-state index in [1.807, 2.05) is 12.1 Å². The SMILES string of the molecule is N#C/C(=C\c1ccccc1[N+](=O)[O-])C(=O)Nc1ccc(I)cc1. The average molecular weight is 419 g/mol. The fourth-order valence-electron chi connectivity index (χ4n) is 1.81. The molecule has 0 aromatic heterocycles. The van der Waals surface area contributed by atoms with Gasteiger partial charge in [-0.1, -0.05) is 12.1 Å². The van der Waals surface area contributed by atoms with Crippen LogP contribution in [0.25, 0.3) is 6.08 Å². The Kier molecular flexibility index (Phi) is 5.43. The van der Waals surface area contributed by atoms with Crippen LogP contribution in [0, 0.1) is 25.0 Å². The van der Waals surface area contributed by atoms with E-state index in [1.165, 1.54) is 24.3 Å². The monoisotopic (exact) mass is 419 g/mol. The summed E-state index contributed by atoms with van der Waals surface area (Å²) in [6.07, 6.45) is 1.21. The Morgan fingerprint density at radius 1 is 1.22 bits per heavy atom. The highest BCUT2D eigenvalue weighted by molar-refractivity contribution is 14.1. The first-order valence-corrected chi connectivity index (χ1v) is 7.51. The minimum absolute atomic E-state index is 0.165.